The SMILES string of the molecule is C[I-]c1cnn(CCCN2CCNCC2)c1. The molecule has 1 aliphatic heterocycles. The first kappa shape index (κ1) is 12.3. The fourth-order valence-corrected chi connectivity index (χ4v) is 2.95. The Bertz CT molecular complexity index is 307. The van der Waals surface area contributed by atoms with E-state index < -0.39 is 0 Å². The average molecular weight is 335 g/mol. The maximum atomic E-state index is 4.38. The average Bonchev–Trinajstić information content (AvgIpc) is 2.78. The molecule has 0 aliphatic carbocycles. The van der Waals surface area contributed by atoms with Gasteiger partial charge >= 0.3 is 108 Å². The summed E-state index contributed by atoms with van der Waals surface area (Å²) < 4.78 is 3.54. The van der Waals surface area contributed by atoms with Crippen molar-refractivity contribution in [2.24, 2.45) is 0 Å². The molecule has 16 heavy (non-hydrogen) atoms. The molecule has 0 atom stereocenters. The van der Waals surface area contributed by atoms with Crippen molar-refractivity contribution in [3.8, 4) is 0 Å². The molecule has 1 aliphatic rings. The summed E-state index contributed by atoms with van der Waals surface area (Å²) in [5.41, 5.74) is 0. The number of aromatic nitrogens is 2. The Labute approximate surface area is 108 Å². The molecule has 1 aromatic rings. The van der Waals surface area contributed by atoms with Crippen molar-refractivity contribution in [3.05, 3.63) is 16.0 Å². The van der Waals surface area contributed by atoms with E-state index in [1.165, 1.54) is 29.6 Å². The van der Waals surface area contributed by atoms with Gasteiger partial charge in [0.1, 0.15) is 0 Å². The third-order valence-corrected chi connectivity index (χ3v) is 4.69. The van der Waals surface area contributed by atoms with Gasteiger partial charge in [0.15, 0.2) is 0 Å². The normalized spacial score (nSPS) is 18.1. The van der Waals surface area contributed by atoms with E-state index in [9.17, 15) is 0 Å². The van der Waals surface area contributed by atoms with E-state index >= 15 is 0 Å². The Morgan fingerprint density at radius 1 is 1.38 bits per heavy atom. The molecule has 92 valence electrons. The molecule has 0 aromatic carbocycles. The molecule has 2 heterocycles. The molecule has 0 amide bonds. The van der Waals surface area contributed by atoms with E-state index in [1.54, 1.807) is 0 Å². The first-order valence-corrected chi connectivity index (χ1v) is 9.07. The van der Waals surface area contributed by atoms with Crippen molar-refractivity contribution in [1.82, 2.24) is 20.0 Å². The Hall–Kier alpha value is -0.140. The zero-order chi connectivity index (χ0) is 11.2. The summed E-state index contributed by atoms with van der Waals surface area (Å²) in [6.45, 7) is 6.96. The van der Waals surface area contributed by atoms with Gasteiger partial charge in [-0.1, -0.05) is 0 Å². The minimum atomic E-state index is 0.199. The fraction of sp³-hybridized carbons (Fsp3) is 0.727. The molecule has 0 radical (unpaired) electrons. The van der Waals surface area contributed by atoms with Crippen LogP contribution in [0.5, 0.6) is 0 Å². The van der Waals surface area contributed by atoms with Crippen LogP contribution in [-0.2, 0) is 6.54 Å². The molecule has 1 saturated heterocycles. The molecule has 0 saturated carbocycles. The van der Waals surface area contributed by atoms with Crippen molar-refractivity contribution in [1.29, 1.82) is 0 Å². The van der Waals surface area contributed by atoms with Crippen LogP contribution >= 0.6 is 0 Å². The van der Waals surface area contributed by atoms with Crippen molar-refractivity contribution in [3.63, 3.8) is 0 Å². The van der Waals surface area contributed by atoms with E-state index in [2.05, 4.69) is 31.1 Å². The van der Waals surface area contributed by atoms with Crippen LogP contribution in [-0.4, -0.2) is 52.3 Å². The van der Waals surface area contributed by atoms with Crippen LogP contribution in [0.15, 0.2) is 12.4 Å². The predicted molar refractivity (Wildman–Crippen MR) is 60.8 cm³/mol. The molecule has 1 aromatic heterocycles. The molecule has 4 nitrogen and oxygen atoms in total. The van der Waals surface area contributed by atoms with Crippen molar-refractivity contribution >= 4 is 0 Å². The summed E-state index contributed by atoms with van der Waals surface area (Å²) in [5.74, 6) is 0. The van der Waals surface area contributed by atoms with Crippen molar-refractivity contribution < 1.29 is 21.2 Å². The maximum absolute atomic E-state index is 4.38. The van der Waals surface area contributed by atoms with Crippen LogP contribution in [0.1, 0.15) is 6.42 Å². The van der Waals surface area contributed by atoms with Gasteiger partial charge in [0.05, 0.1) is 0 Å². The first-order valence-electron chi connectivity index (χ1n) is 5.83. The van der Waals surface area contributed by atoms with E-state index in [0.29, 0.717) is 0 Å². The summed E-state index contributed by atoms with van der Waals surface area (Å²) in [6.07, 6.45) is 5.45. The number of nitrogens with zero attached hydrogens (tertiary/aromatic N) is 3. The van der Waals surface area contributed by atoms with Gasteiger partial charge in [-0.2, -0.15) is 0 Å². The standard InChI is InChI=1S/C11H20IN4/c1-12-11-9-14-16(10-11)6-2-5-15-7-3-13-4-8-15/h9-10,13H,2-8H2,1H3/q-1. The minimum absolute atomic E-state index is 0.199. The van der Waals surface area contributed by atoms with Crippen LogP contribution in [0.2, 0.25) is 0 Å². The number of alkyl halides is 1. The van der Waals surface area contributed by atoms with Gasteiger partial charge < -0.3 is 0 Å². The topological polar surface area (TPSA) is 33.1 Å². The van der Waals surface area contributed by atoms with Gasteiger partial charge in [-0.05, 0) is 0 Å². The van der Waals surface area contributed by atoms with E-state index in [1.807, 2.05) is 6.20 Å². The summed E-state index contributed by atoms with van der Waals surface area (Å²) in [7, 11) is 0. The van der Waals surface area contributed by atoms with Gasteiger partial charge in [0, 0.05) is 0 Å². The second-order valence-corrected chi connectivity index (χ2v) is 6.38. The number of rotatable bonds is 5. The number of halogens is 1. The number of piperazine rings is 1. The molecule has 0 unspecified atom stereocenters. The third-order valence-electron chi connectivity index (χ3n) is 2.89. The molecular weight excluding hydrogens is 315 g/mol. The van der Waals surface area contributed by atoms with Crippen LogP contribution in [0, 0.1) is 3.57 Å². The van der Waals surface area contributed by atoms with Gasteiger partial charge in [0.25, 0.3) is 0 Å². The monoisotopic (exact) mass is 335 g/mol. The first-order chi connectivity index (χ1) is 7.88. The number of hydrogen-bond acceptors (Lipinski definition) is 3. The molecule has 0 bridgehead atoms. The number of hydrogen-bond donors (Lipinski definition) is 1. The number of nitrogens with one attached hydrogen (secondary N) is 1. The van der Waals surface area contributed by atoms with Crippen LogP contribution in [0.4, 0.5) is 0 Å². The van der Waals surface area contributed by atoms with E-state index in [-0.39, 0.29) is 21.2 Å². The zero-order valence-electron chi connectivity index (χ0n) is 9.82. The fourth-order valence-electron chi connectivity index (χ4n) is 1.95. The van der Waals surface area contributed by atoms with Crippen LogP contribution in [0.25, 0.3) is 0 Å². The summed E-state index contributed by atoms with van der Waals surface area (Å²) in [6, 6.07) is 0. The van der Waals surface area contributed by atoms with Gasteiger partial charge in [-0.3, -0.25) is 0 Å². The van der Waals surface area contributed by atoms with Gasteiger partial charge in [-0.25, -0.2) is 0 Å². The van der Waals surface area contributed by atoms with Gasteiger partial charge in [-0.15, -0.1) is 0 Å². The molecule has 0 spiro atoms. The Balaban J connectivity index is 1.66. The summed E-state index contributed by atoms with van der Waals surface area (Å²) in [4.78, 5) is 4.81. The Kier molecular flexibility index (Phi) is 5.05. The predicted octanol–water partition coefficient (Wildman–Crippen LogP) is -2.93. The quantitative estimate of drug-likeness (QED) is 0.462. The molecule has 2 rings (SSSR count). The van der Waals surface area contributed by atoms with E-state index in [4.69, 9.17) is 0 Å². The third kappa shape index (κ3) is 3.71. The van der Waals surface area contributed by atoms with Crippen molar-refractivity contribution in [2.75, 3.05) is 37.7 Å². The van der Waals surface area contributed by atoms with Crippen molar-refractivity contribution in [2.45, 2.75) is 13.0 Å². The Morgan fingerprint density at radius 3 is 2.88 bits per heavy atom. The summed E-state index contributed by atoms with van der Waals surface area (Å²) in [5, 5.41) is 7.76. The van der Waals surface area contributed by atoms with Crippen LogP contribution < -0.4 is 26.5 Å². The van der Waals surface area contributed by atoms with Gasteiger partial charge in [0.2, 0.25) is 0 Å². The second kappa shape index (κ2) is 6.56. The van der Waals surface area contributed by atoms with E-state index in [0.717, 1.165) is 19.6 Å². The Morgan fingerprint density at radius 2 is 2.19 bits per heavy atom. The molecular formula is C11H20IN4-. The summed E-state index contributed by atoms with van der Waals surface area (Å²) >= 11 is 0.199. The molecule has 1 fully saturated rings. The zero-order valence-corrected chi connectivity index (χ0v) is 12.0. The number of aryl methyl sites for hydroxylation is 1. The molecule has 5 heteroatoms. The molecule has 1 N–H and O–H groups in total. The second-order valence-electron chi connectivity index (χ2n) is 4.06. The van der Waals surface area contributed by atoms with Crippen LogP contribution in [0.3, 0.4) is 0 Å².